The first-order valence-corrected chi connectivity index (χ1v) is 4.52. The Balaban J connectivity index is 2.10. The van der Waals surface area contributed by atoms with Crippen molar-refractivity contribution in [1.82, 2.24) is 9.97 Å². The van der Waals surface area contributed by atoms with Crippen LogP contribution in [-0.2, 0) is 0 Å². The van der Waals surface area contributed by atoms with Crippen LogP contribution in [-0.4, -0.2) is 22.1 Å². The number of hydrogen-bond donors (Lipinski definition) is 4. The van der Waals surface area contributed by atoms with Crippen LogP contribution in [0.1, 0.15) is 12.8 Å². The van der Waals surface area contributed by atoms with Gasteiger partial charge in [0.05, 0.1) is 6.33 Å². The van der Waals surface area contributed by atoms with Crippen LogP contribution < -0.4 is 22.3 Å². The van der Waals surface area contributed by atoms with E-state index >= 15 is 0 Å². The van der Waals surface area contributed by atoms with E-state index in [0.29, 0.717) is 11.9 Å². The number of nitrogens with zero attached hydrogens (tertiary/aromatic N) is 1. The summed E-state index contributed by atoms with van der Waals surface area (Å²) >= 11 is 0. The van der Waals surface area contributed by atoms with E-state index in [4.69, 9.17) is 11.5 Å². The summed E-state index contributed by atoms with van der Waals surface area (Å²) in [6, 6.07) is 0.553. The molecule has 1 aromatic rings. The number of nitrogen functional groups attached to an aromatic ring is 1. The maximum absolute atomic E-state index is 11.1. The summed E-state index contributed by atoms with van der Waals surface area (Å²) in [6.45, 7) is 0. The van der Waals surface area contributed by atoms with Crippen LogP contribution in [0.15, 0.2) is 11.1 Å². The smallest absolute Gasteiger partial charge is 0.276 e. The second-order valence-corrected chi connectivity index (χ2v) is 3.57. The number of rotatable bonds is 2. The molecule has 0 unspecified atom stereocenters. The molecule has 0 atom stereocenters. The van der Waals surface area contributed by atoms with Crippen molar-refractivity contribution in [3.05, 3.63) is 16.7 Å². The van der Waals surface area contributed by atoms with Crippen LogP contribution in [0, 0.1) is 0 Å². The largest absolute Gasteiger partial charge is 0.391 e. The lowest BCUT2D eigenvalue weighted by molar-refractivity contribution is 0.373. The van der Waals surface area contributed by atoms with Crippen LogP contribution in [0.2, 0.25) is 0 Å². The second-order valence-electron chi connectivity index (χ2n) is 3.57. The summed E-state index contributed by atoms with van der Waals surface area (Å²) in [5.41, 5.74) is 11.0. The lowest BCUT2D eigenvalue weighted by Gasteiger charge is -2.33. The van der Waals surface area contributed by atoms with E-state index in [2.05, 4.69) is 15.3 Å². The average molecular weight is 195 g/mol. The first kappa shape index (κ1) is 9.01. The molecule has 0 bridgehead atoms. The molecule has 0 spiro atoms. The molecule has 6 N–H and O–H groups in total. The van der Waals surface area contributed by atoms with Crippen LogP contribution in [0.3, 0.4) is 0 Å². The van der Waals surface area contributed by atoms with Crippen LogP contribution >= 0.6 is 0 Å². The molecule has 6 nitrogen and oxygen atoms in total. The number of hydrogen-bond acceptors (Lipinski definition) is 5. The lowest BCUT2D eigenvalue weighted by Crippen LogP contribution is -2.44. The Kier molecular flexibility index (Phi) is 2.12. The van der Waals surface area contributed by atoms with Crippen molar-refractivity contribution < 1.29 is 0 Å². The van der Waals surface area contributed by atoms with E-state index in [9.17, 15) is 4.79 Å². The van der Waals surface area contributed by atoms with Gasteiger partial charge in [0.2, 0.25) is 0 Å². The van der Waals surface area contributed by atoms with Crippen LogP contribution in [0.5, 0.6) is 0 Å². The predicted molar refractivity (Wildman–Crippen MR) is 53.9 cm³/mol. The van der Waals surface area contributed by atoms with Gasteiger partial charge in [-0.15, -0.1) is 0 Å². The Morgan fingerprint density at radius 3 is 2.93 bits per heavy atom. The molecule has 0 aromatic carbocycles. The highest BCUT2D eigenvalue weighted by atomic mass is 16.1. The number of aromatic amines is 1. The summed E-state index contributed by atoms with van der Waals surface area (Å²) < 4.78 is 0. The summed E-state index contributed by atoms with van der Waals surface area (Å²) in [4.78, 5) is 17.5. The van der Waals surface area contributed by atoms with Crippen molar-refractivity contribution in [3.8, 4) is 0 Å². The quantitative estimate of drug-likeness (QED) is 0.496. The number of H-pyrrole nitrogens is 1. The fourth-order valence-electron chi connectivity index (χ4n) is 1.50. The molecule has 0 aliphatic heterocycles. The molecule has 6 heteroatoms. The van der Waals surface area contributed by atoms with E-state index in [1.807, 2.05) is 0 Å². The number of anilines is 2. The van der Waals surface area contributed by atoms with E-state index in [1.54, 1.807) is 0 Å². The zero-order chi connectivity index (χ0) is 10.1. The summed E-state index contributed by atoms with van der Waals surface area (Å²) in [6.07, 6.45) is 3.13. The van der Waals surface area contributed by atoms with Crippen molar-refractivity contribution in [2.75, 3.05) is 11.1 Å². The van der Waals surface area contributed by atoms with Gasteiger partial charge in [0.25, 0.3) is 5.56 Å². The van der Waals surface area contributed by atoms with Crippen molar-refractivity contribution in [2.45, 2.75) is 24.9 Å². The molecule has 1 aromatic heterocycles. The zero-order valence-electron chi connectivity index (χ0n) is 7.66. The highest BCUT2D eigenvalue weighted by molar-refractivity contribution is 5.59. The van der Waals surface area contributed by atoms with Crippen molar-refractivity contribution in [1.29, 1.82) is 0 Å². The highest BCUT2D eigenvalue weighted by Crippen LogP contribution is 2.22. The maximum atomic E-state index is 11.1. The lowest BCUT2D eigenvalue weighted by atomic mass is 9.88. The van der Waals surface area contributed by atoms with Gasteiger partial charge in [0.1, 0.15) is 5.69 Å². The topological polar surface area (TPSA) is 110 Å². The Morgan fingerprint density at radius 1 is 1.57 bits per heavy atom. The van der Waals surface area contributed by atoms with Gasteiger partial charge >= 0.3 is 0 Å². The minimum atomic E-state index is -0.314. The van der Waals surface area contributed by atoms with E-state index < -0.39 is 0 Å². The molecule has 1 aliphatic rings. The van der Waals surface area contributed by atoms with Gasteiger partial charge < -0.3 is 21.8 Å². The van der Waals surface area contributed by atoms with Gasteiger partial charge in [-0.2, -0.15) is 0 Å². The van der Waals surface area contributed by atoms with Gasteiger partial charge in [-0.1, -0.05) is 0 Å². The Hall–Kier alpha value is -1.56. The van der Waals surface area contributed by atoms with Gasteiger partial charge in [0, 0.05) is 12.1 Å². The third kappa shape index (κ3) is 1.56. The molecule has 1 fully saturated rings. The average Bonchev–Trinajstić information content (AvgIpc) is 2.10. The second kappa shape index (κ2) is 3.30. The summed E-state index contributed by atoms with van der Waals surface area (Å²) in [5.74, 6) is 0.450. The fourth-order valence-corrected chi connectivity index (χ4v) is 1.50. The Bertz CT molecular complexity index is 382. The van der Waals surface area contributed by atoms with E-state index in [1.165, 1.54) is 6.33 Å². The van der Waals surface area contributed by atoms with Crippen LogP contribution in [0.25, 0.3) is 0 Å². The maximum Gasteiger partial charge on any atom is 0.276 e. The highest BCUT2D eigenvalue weighted by Gasteiger charge is 2.26. The predicted octanol–water partition coefficient (Wildman–Crippen LogP) is -0.746. The SMILES string of the molecule is Nc1c(NC2CC(N)C2)nc[nH]c1=O. The molecule has 76 valence electrons. The zero-order valence-corrected chi connectivity index (χ0v) is 7.66. The van der Waals surface area contributed by atoms with Crippen molar-refractivity contribution >= 4 is 11.5 Å². The molecule has 1 saturated carbocycles. The van der Waals surface area contributed by atoms with E-state index in [-0.39, 0.29) is 17.3 Å². The molecule has 0 saturated heterocycles. The molecular weight excluding hydrogens is 182 g/mol. The fraction of sp³-hybridized carbons (Fsp3) is 0.500. The minimum Gasteiger partial charge on any atom is -0.391 e. The first-order valence-electron chi connectivity index (χ1n) is 4.52. The monoisotopic (exact) mass is 195 g/mol. The molecule has 0 radical (unpaired) electrons. The number of nitrogens with two attached hydrogens (primary N) is 2. The Labute approximate surface area is 80.7 Å². The summed E-state index contributed by atoms with van der Waals surface area (Å²) in [7, 11) is 0. The number of aromatic nitrogens is 2. The molecule has 14 heavy (non-hydrogen) atoms. The van der Waals surface area contributed by atoms with Gasteiger partial charge in [-0.25, -0.2) is 4.98 Å². The molecule has 2 rings (SSSR count). The van der Waals surface area contributed by atoms with E-state index in [0.717, 1.165) is 12.8 Å². The van der Waals surface area contributed by atoms with Gasteiger partial charge in [-0.3, -0.25) is 4.79 Å². The summed E-state index contributed by atoms with van der Waals surface area (Å²) in [5, 5.41) is 3.08. The minimum absolute atomic E-state index is 0.132. The first-order chi connectivity index (χ1) is 6.66. The van der Waals surface area contributed by atoms with Crippen LogP contribution in [0.4, 0.5) is 11.5 Å². The van der Waals surface area contributed by atoms with Gasteiger partial charge in [0.15, 0.2) is 5.82 Å². The molecule has 1 aliphatic carbocycles. The van der Waals surface area contributed by atoms with Gasteiger partial charge in [-0.05, 0) is 12.8 Å². The van der Waals surface area contributed by atoms with Crippen molar-refractivity contribution in [2.24, 2.45) is 5.73 Å². The molecule has 1 heterocycles. The number of nitrogens with one attached hydrogen (secondary N) is 2. The normalized spacial score (nSPS) is 25.5. The molecule has 0 amide bonds. The third-order valence-electron chi connectivity index (χ3n) is 2.40. The Morgan fingerprint density at radius 2 is 2.29 bits per heavy atom. The molecular formula is C8H13N5O. The van der Waals surface area contributed by atoms with Crippen molar-refractivity contribution in [3.63, 3.8) is 0 Å². The third-order valence-corrected chi connectivity index (χ3v) is 2.40. The standard InChI is InChI=1S/C8H13N5O/c9-4-1-5(2-4)13-7-6(10)8(14)12-3-11-7/h3-5H,1-2,9-10H2,(H2,11,12,13,14).